The molecule has 3 rings (SSSR count). The maximum absolute atomic E-state index is 13.0. The molecule has 0 saturated carbocycles. The first-order chi connectivity index (χ1) is 11.4. The Kier molecular flexibility index (Phi) is 3.92. The zero-order chi connectivity index (χ0) is 17.3. The standard InChI is InChI=1S/C17H12F3N3O/c1-10-12(8-11-9-21-7-6-14(11)22-10)16(24)23-15-5-3-2-4-13(15)17(18,19)20/h2-9H,1H3,(H,23,24). The molecule has 0 aliphatic carbocycles. The summed E-state index contributed by atoms with van der Waals surface area (Å²) in [6.45, 7) is 1.63. The van der Waals surface area contributed by atoms with Gasteiger partial charge in [-0.2, -0.15) is 13.2 Å². The number of benzene rings is 1. The molecule has 2 heterocycles. The summed E-state index contributed by atoms with van der Waals surface area (Å²) in [6.07, 6.45) is -1.43. The van der Waals surface area contributed by atoms with Crippen LogP contribution in [-0.2, 0) is 6.18 Å². The number of nitrogens with one attached hydrogen (secondary N) is 1. The largest absolute Gasteiger partial charge is 0.418 e. The number of rotatable bonds is 2. The van der Waals surface area contributed by atoms with Gasteiger partial charge in [0.15, 0.2) is 0 Å². The minimum absolute atomic E-state index is 0.201. The molecule has 0 spiro atoms. The fraction of sp³-hybridized carbons (Fsp3) is 0.118. The average Bonchev–Trinajstić information content (AvgIpc) is 2.53. The van der Waals surface area contributed by atoms with Gasteiger partial charge in [0.2, 0.25) is 0 Å². The summed E-state index contributed by atoms with van der Waals surface area (Å²) in [7, 11) is 0. The maximum atomic E-state index is 13.0. The lowest BCUT2D eigenvalue weighted by Gasteiger charge is -2.14. The summed E-state index contributed by atoms with van der Waals surface area (Å²) < 4.78 is 39.1. The highest BCUT2D eigenvalue weighted by Gasteiger charge is 2.33. The third kappa shape index (κ3) is 3.05. The first-order valence-corrected chi connectivity index (χ1v) is 7.05. The number of carbonyl (C=O) groups excluding carboxylic acids is 1. The predicted molar refractivity (Wildman–Crippen MR) is 83.7 cm³/mol. The van der Waals surface area contributed by atoms with Crippen LogP contribution in [-0.4, -0.2) is 15.9 Å². The topological polar surface area (TPSA) is 54.9 Å². The summed E-state index contributed by atoms with van der Waals surface area (Å²) in [6, 6.07) is 8.10. The van der Waals surface area contributed by atoms with Crippen molar-refractivity contribution in [2.24, 2.45) is 0 Å². The molecule has 0 aliphatic rings. The van der Waals surface area contributed by atoms with Crippen LogP contribution in [0.15, 0.2) is 48.8 Å². The number of nitrogens with zero attached hydrogens (tertiary/aromatic N) is 2. The molecule has 0 bridgehead atoms. The van der Waals surface area contributed by atoms with E-state index in [4.69, 9.17) is 0 Å². The molecule has 0 saturated heterocycles. The van der Waals surface area contributed by atoms with Crippen molar-refractivity contribution in [3.63, 3.8) is 0 Å². The summed E-state index contributed by atoms with van der Waals surface area (Å²) in [5.74, 6) is -0.651. The highest BCUT2D eigenvalue weighted by molar-refractivity contribution is 6.07. The molecule has 0 radical (unpaired) electrons. The lowest BCUT2D eigenvalue weighted by molar-refractivity contribution is -0.136. The number of anilines is 1. The molecule has 1 aromatic carbocycles. The Morgan fingerprint density at radius 1 is 1.17 bits per heavy atom. The minimum Gasteiger partial charge on any atom is -0.321 e. The maximum Gasteiger partial charge on any atom is 0.418 e. The predicted octanol–water partition coefficient (Wildman–Crippen LogP) is 4.21. The number of halogens is 3. The molecule has 4 nitrogen and oxygen atoms in total. The molecule has 0 unspecified atom stereocenters. The number of hydrogen-bond acceptors (Lipinski definition) is 3. The Morgan fingerprint density at radius 2 is 1.92 bits per heavy atom. The lowest BCUT2D eigenvalue weighted by Crippen LogP contribution is -2.18. The second-order valence-electron chi connectivity index (χ2n) is 5.19. The van der Waals surface area contributed by atoms with Crippen molar-refractivity contribution in [2.45, 2.75) is 13.1 Å². The number of carbonyl (C=O) groups is 1. The number of aromatic nitrogens is 2. The van der Waals surface area contributed by atoms with E-state index in [1.807, 2.05) is 0 Å². The van der Waals surface area contributed by atoms with Crippen LogP contribution in [0, 0.1) is 6.92 Å². The smallest absolute Gasteiger partial charge is 0.321 e. The number of pyridine rings is 2. The normalized spacial score (nSPS) is 11.5. The van der Waals surface area contributed by atoms with E-state index in [9.17, 15) is 18.0 Å². The Balaban J connectivity index is 1.98. The molecule has 7 heteroatoms. The van der Waals surface area contributed by atoms with Gasteiger partial charge in [0.1, 0.15) is 0 Å². The molecule has 0 atom stereocenters. The zero-order valence-electron chi connectivity index (χ0n) is 12.6. The summed E-state index contributed by atoms with van der Waals surface area (Å²) >= 11 is 0. The summed E-state index contributed by atoms with van der Waals surface area (Å²) in [4.78, 5) is 20.7. The van der Waals surface area contributed by atoms with Gasteiger partial charge in [0, 0.05) is 17.8 Å². The van der Waals surface area contributed by atoms with Crippen LogP contribution in [0.3, 0.4) is 0 Å². The molecule has 1 N–H and O–H groups in total. The van der Waals surface area contributed by atoms with Gasteiger partial charge in [-0.05, 0) is 31.2 Å². The SMILES string of the molecule is Cc1nc2ccncc2cc1C(=O)Nc1ccccc1C(F)(F)F. The van der Waals surface area contributed by atoms with E-state index in [0.29, 0.717) is 16.6 Å². The van der Waals surface area contributed by atoms with Gasteiger partial charge >= 0.3 is 6.18 Å². The van der Waals surface area contributed by atoms with E-state index in [1.54, 1.807) is 31.5 Å². The molecule has 3 aromatic rings. The number of para-hydroxylation sites is 1. The second-order valence-corrected chi connectivity index (χ2v) is 5.19. The van der Waals surface area contributed by atoms with Crippen molar-refractivity contribution in [3.8, 4) is 0 Å². The highest BCUT2D eigenvalue weighted by Crippen LogP contribution is 2.34. The van der Waals surface area contributed by atoms with Crippen LogP contribution >= 0.6 is 0 Å². The van der Waals surface area contributed by atoms with E-state index in [1.165, 1.54) is 18.2 Å². The van der Waals surface area contributed by atoms with E-state index >= 15 is 0 Å². The molecule has 1 amide bonds. The van der Waals surface area contributed by atoms with Gasteiger partial charge in [-0.25, -0.2) is 0 Å². The molecule has 24 heavy (non-hydrogen) atoms. The van der Waals surface area contributed by atoms with Crippen LogP contribution < -0.4 is 5.32 Å². The van der Waals surface area contributed by atoms with E-state index in [-0.39, 0.29) is 11.3 Å². The first kappa shape index (κ1) is 15.9. The van der Waals surface area contributed by atoms with Crippen molar-refractivity contribution < 1.29 is 18.0 Å². The quantitative estimate of drug-likeness (QED) is 0.765. The molecular formula is C17H12F3N3O. The number of amides is 1. The summed E-state index contributed by atoms with van der Waals surface area (Å²) in [5, 5.41) is 2.96. The van der Waals surface area contributed by atoms with E-state index < -0.39 is 17.6 Å². The van der Waals surface area contributed by atoms with Crippen LogP contribution in [0.2, 0.25) is 0 Å². The highest BCUT2D eigenvalue weighted by atomic mass is 19.4. The molecule has 2 aromatic heterocycles. The fourth-order valence-corrected chi connectivity index (χ4v) is 2.37. The average molecular weight is 331 g/mol. The summed E-state index contributed by atoms with van der Waals surface area (Å²) in [5.41, 5.74) is 0.102. The lowest BCUT2D eigenvalue weighted by atomic mass is 10.1. The molecule has 0 aliphatic heterocycles. The van der Waals surface area contributed by atoms with Crippen molar-refractivity contribution in [1.82, 2.24) is 9.97 Å². The Bertz CT molecular complexity index is 922. The fourth-order valence-electron chi connectivity index (χ4n) is 2.37. The number of alkyl halides is 3. The van der Waals surface area contributed by atoms with Gasteiger partial charge in [0.25, 0.3) is 5.91 Å². The number of fused-ring (bicyclic) bond motifs is 1. The van der Waals surface area contributed by atoms with Gasteiger partial charge < -0.3 is 5.32 Å². The molecule has 122 valence electrons. The monoisotopic (exact) mass is 331 g/mol. The van der Waals surface area contributed by atoms with Crippen LogP contribution in [0.25, 0.3) is 10.9 Å². The second kappa shape index (κ2) is 5.92. The number of hydrogen-bond donors (Lipinski definition) is 1. The van der Waals surface area contributed by atoms with Gasteiger partial charge in [-0.3, -0.25) is 14.8 Å². The van der Waals surface area contributed by atoms with Gasteiger partial charge in [-0.15, -0.1) is 0 Å². The third-order valence-electron chi connectivity index (χ3n) is 3.53. The Labute approximate surface area is 135 Å². The third-order valence-corrected chi connectivity index (χ3v) is 3.53. The number of aryl methyl sites for hydroxylation is 1. The first-order valence-electron chi connectivity index (χ1n) is 7.05. The van der Waals surface area contributed by atoms with Crippen molar-refractivity contribution in [2.75, 3.05) is 5.32 Å². The van der Waals surface area contributed by atoms with Crippen molar-refractivity contribution in [1.29, 1.82) is 0 Å². The molecule has 0 fully saturated rings. The van der Waals surface area contributed by atoms with Crippen LogP contribution in [0.5, 0.6) is 0 Å². The van der Waals surface area contributed by atoms with E-state index in [0.717, 1.165) is 6.07 Å². The Hall–Kier alpha value is -2.96. The zero-order valence-corrected chi connectivity index (χ0v) is 12.6. The Morgan fingerprint density at radius 3 is 2.67 bits per heavy atom. The van der Waals surface area contributed by atoms with Gasteiger partial charge in [0.05, 0.1) is 28.0 Å². The van der Waals surface area contributed by atoms with Crippen molar-refractivity contribution >= 4 is 22.5 Å². The van der Waals surface area contributed by atoms with Gasteiger partial charge in [-0.1, -0.05) is 12.1 Å². The minimum atomic E-state index is -4.55. The van der Waals surface area contributed by atoms with E-state index in [2.05, 4.69) is 15.3 Å². The van der Waals surface area contributed by atoms with Crippen LogP contribution in [0.1, 0.15) is 21.6 Å². The van der Waals surface area contributed by atoms with Crippen molar-refractivity contribution in [3.05, 3.63) is 65.6 Å². The van der Waals surface area contributed by atoms with Crippen LogP contribution in [0.4, 0.5) is 18.9 Å². The molecular weight excluding hydrogens is 319 g/mol.